The maximum absolute atomic E-state index is 11.7. The largest absolute Gasteiger partial charge is 0.481 e. The highest BCUT2D eigenvalue weighted by atomic mass is 16.4. The van der Waals surface area contributed by atoms with E-state index in [1.807, 2.05) is 13.0 Å². The summed E-state index contributed by atoms with van der Waals surface area (Å²) >= 11 is 0. The van der Waals surface area contributed by atoms with Crippen LogP contribution in [0.25, 0.3) is 6.08 Å². The topological polar surface area (TPSA) is 79.5 Å². The fraction of sp³-hybridized carbons (Fsp3) is 0.467. The highest BCUT2D eigenvalue weighted by Gasteiger charge is 2.38. The maximum Gasteiger partial charge on any atom is 0.303 e. The molecule has 108 valence electrons. The monoisotopic (exact) mass is 277 g/mol. The fourth-order valence-electron chi connectivity index (χ4n) is 2.45. The number of rotatable bonds is 6. The molecule has 1 aliphatic rings. The van der Waals surface area contributed by atoms with Gasteiger partial charge in [0.15, 0.2) is 0 Å². The second-order valence-electron chi connectivity index (χ2n) is 5.42. The molecule has 1 aromatic rings. The van der Waals surface area contributed by atoms with Crippen LogP contribution >= 0.6 is 0 Å². The van der Waals surface area contributed by atoms with Gasteiger partial charge in [0.05, 0.1) is 6.42 Å². The van der Waals surface area contributed by atoms with Crippen molar-refractivity contribution in [3.63, 3.8) is 0 Å². The van der Waals surface area contributed by atoms with Crippen molar-refractivity contribution in [2.45, 2.75) is 32.6 Å². The van der Waals surface area contributed by atoms with Crippen molar-refractivity contribution in [3.05, 3.63) is 29.7 Å². The molecule has 0 spiro atoms. The highest BCUT2D eigenvalue weighted by molar-refractivity contribution is 5.91. The standard InChI is InChI=1S/C15H19NO4/c1-11-3-4-12(20-11)5-6-13(17)16-10-15(7-2-8-15)9-14(18)19/h3-6H,2,7-10H2,1H3,(H,16,17)(H,18,19)/b6-5+. The zero-order chi connectivity index (χ0) is 14.6. The zero-order valence-corrected chi connectivity index (χ0v) is 11.5. The van der Waals surface area contributed by atoms with E-state index in [-0.39, 0.29) is 17.7 Å². The average molecular weight is 277 g/mol. The van der Waals surface area contributed by atoms with Crippen LogP contribution in [0.3, 0.4) is 0 Å². The Morgan fingerprint density at radius 1 is 1.45 bits per heavy atom. The first-order chi connectivity index (χ1) is 9.49. The van der Waals surface area contributed by atoms with Crippen LogP contribution in [0.15, 0.2) is 22.6 Å². The van der Waals surface area contributed by atoms with Gasteiger partial charge in [-0.25, -0.2) is 0 Å². The molecule has 1 saturated carbocycles. The van der Waals surface area contributed by atoms with Crippen LogP contribution in [-0.2, 0) is 9.59 Å². The van der Waals surface area contributed by atoms with Crippen molar-refractivity contribution in [2.24, 2.45) is 5.41 Å². The molecular formula is C15H19NO4. The van der Waals surface area contributed by atoms with Gasteiger partial charge in [-0.15, -0.1) is 0 Å². The van der Waals surface area contributed by atoms with Gasteiger partial charge in [0, 0.05) is 12.6 Å². The lowest BCUT2D eigenvalue weighted by Crippen LogP contribution is -2.43. The number of carboxylic acids is 1. The van der Waals surface area contributed by atoms with E-state index in [4.69, 9.17) is 9.52 Å². The number of carboxylic acid groups (broad SMARTS) is 1. The Balaban J connectivity index is 1.82. The number of amides is 1. The summed E-state index contributed by atoms with van der Waals surface area (Å²) < 4.78 is 5.32. The van der Waals surface area contributed by atoms with E-state index in [1.54, 1.807) is 12.1 Å². The number of furan rings is 1. The molecule has 1 amide bonds. The molecule has 2 rings (SSSR count). The average Bonchev–Trinajstić information content (AvgIpc) is 2.75. The van der Waals surface area contributed by atoms with Gasteiger partial charge in [0.1, 0.15) is 11.5 Å². The number of hydrogen-bond donors (Lipinski definition) is 2. The summed E-state index contributed by atoms with van der Waals surface area (Å²) in [4.78, 5) is 22.5. The summed E-state index contributed by atoms with van der Waals surface area (Å²) in [5, 5.41) is 11.7. The van der Waals surface area contributed by atoms with Gasteiger partial charge in [-0.05, 0) is 43.4 Å². The van der Waals surface area contributed by atoms with Gasteiger partial charge >= 0.3 is 5.97 Å². The molecular weight excluding hydrogens is 258 g/mol. The molecule has 1 aliphatic carbocycles. The van der Waals surface area contributed by atoms with E-state index in [0.29, 0.717) is 12.3 Å². The molecule has 5 heteroatoms. The van der Waals surface area contributed by atoms with Crippen molar-refractivity contribution >= 4 is 18.0 Å². The van der Waals surface area contributed by atoms with E-state index in [2.05, 4.69) is 5.32 Å². The second-order valence-corrected chi connectivity index (χ2v) is 5.42. The van der Waals surface area contributed by atoms with E-state index in [0.717, 1.165) is 25.0 Å². The number of aryl methyl sites for hydroxylation is 1. The summed E-state index contributed by atoms with van der Waals surface area (Å²) in [6.07, 6.45) is 5.89. The lowest BCUT2D eigenvalue weighted by molar-refractivity contribution is -0.141. The molecule has 0 radical (unpaired) electrons. The molecule has 1 heterocycles. The first-order valence-electron chi connectivity index (χ1n) is 6.73. The van der Waals surface area contributed by atoms with E-state index in [9.17, 15) is 9.59 Å². The normalized spacial score (nSPS) is 16.9. The molecule has 0 aliphatic heterocycles. The lowest BCUT2D eigenvalue weighted by atomic mass is 9.66. The summed E-state index contributed by atoms with van der Waals surface area (Å²) in [6.45, 7) is 2.25. The van der Waals surface area contributed by atoms with Crippen molar-refractivity contribution in [3.8, 4) is 0 Å². The van der Waals surface area contributed by atoms with Gasteiger partial charge < -0.3 is 14.8 Å². The Hall–Kier alpha value is -2.04. The van der Waals surface area contributed by atoms with Crippen LogP contribution in [0.1, 0.15) is 37.2 Å². The third-order valence-electron chi connectivity index (χ3n) is 3.74. The molecule has 0 aromatic carbocycles. The van der Waals surface area contributed by atoms with Crippen LogP contribution in [0.5, 0.6) is 0 Å². The number of carbonyl (C=O) groups excluding carboxylic acids is 1. The van der Waals surface area contributed by atoms with E-state index in [1.165, 1.54) is 6.08 Å². The smallest absolute Gasteiger partial charge is 0.303 e. The van der Waals surface area contributed by atoms with E-state index < -0.39 is 5.97 Å². The minimum absolute atomic E-state index is 0.119. The maximum atomic E-state index is 11.7. The van der Waals surface area contributed by atoms with Crippen molar-refractivity contribution in [1.29, 1.82) is 0 Å². The number of carbonyl (C=O) groups is 2. The molecule has 0 bridgehead atoms. The highest BCUT2D eigenvalue weighted by Crippen LogP contribution is 2.43. The first-order valence-corrected chi connectivity index (χ1v) is 6.73. The Morgan fingerprint density at radius 3 is 2.70 bits per heavy atom. The van der Waals surface area contributed by atoms with Gasteiger partial charge in [0.25, 0.3) is 0 Å². The predicted octanol–water partition coefficient (Wildman–Crippen LogP) is 2.36. The minimum atomic E-state index is -0.805. The number of hydrogen-bond acceptors (Lipinski definition) is 3. The van der Waals surface area contributed by atoms with Crippen LogP contribution < -0.4 is 5.32 Å². The summed E-state index contributed by atoms with van der Waals surface area (Å²) in [7, 11) is 0. The third kappa shape index (κ3) is 3.73. The van der Waals surface area contributed by atoms with Gasteiger partial charge in [-0.3, -0.25) is 9.59 Å². The summed E-state index contributed by atoms with van der Waals surface area (Å²) in [5.74, 6) is 0.387. The minimum Gasteiger partial charge on any atom is -0.481 e. The Bertz CT molecular complexity index is 526. The van der Waals surface area contributed by atoms with Crippen molar-refractivity contribution in [1.82, 2.24) is 5.32 Å². The molecule has 1 fully saturated rings. The predicted molar refractivity (Wildman–Crippen MR) is 74.0 cm³/mol. The molecule has 0 atom stereocenters. The Morgan fingerprint density at radius 2 is 2.20 bits per heavy atom. The van der Waals surface area contributed by atoms with Gasteiger partial charge in [0.2, 0.25) is 5.91 Å². The van der Waals surface area contributed by atoms with Crippen molar-refractivity contribution in [2.75, 3.05) is 6.54 Å². The van der Waals surface area contributed by atoms with Gasteiger partial charge in [-0.1, -0.05) is 6.42 Å². The molecule has 0 saturated heterocycles. The van der Waals surface area contributed by atoms with Crippen LogP contribution in [0, 0.1) is 12.3 Å². The zero-order valence-electron chi connectivity index (χ0n) is 11.5. The third-order valence-corrected chi connectivity index (χ3v) is 3.74. The number of aliphatic carboxylic acids is 1. The quantitative estimate of drug-likeness (QED) is 0.782. The van der Waals surface area contributed by atoms with Crippen molar-refractivity contribution < 1.29 is 19.1 Å². The van der Waals surface area contributed by atoms with Gasteiger partial charge in [-0.2, -0.15) is 0 Å². The molecule has 2 N–H and O–H groups in total. The van der Waals surface area contributed by atoms with E-state index >= 15 is 0 Å². The Labute approximate surface area is 117 Å². The second kappa shape index (κ2) is 5.94. The summed E-state index contributed by atoms with van der Waals surface area (Å²) in [6, 6.07) is 3.62. The SMILES string of the molecule is Cc1ccc(/C=C/C(=O)NCC2(CC(=O)O)CCC2)o1. The van der Waals surface area contributed by atoms with Crippen LogP contribution in [-0.4, -0.2) is 23.5 Å². The first kappa shape index (κ1) is 14.4. The molecule has 5 nitrogen and oxygen atoms in total. The Kier molecular flexibility index (Phi) is 4.27. The van der Waals surface area contributed by atoms with Crippen LogP contribution in [0.2, 0.25) is 0 Å². The molecule has 20 heavy (non-hydrogen) atoms. The van der Waals surface area contributed by atoms with Crippen LogP contribution in [0.4, 0.5) is 0 Å². The fourth-order valence-corrected chi connectivity index (χ4v) is 2.45. The number of nitrogens with one attached hydrogen (secondary N) is 1. The molecule has 1 aromatic heterocycles. The summed E-state index contributed by atoms with van der Waals surface area (Å²) in [5.41, 5.74) is -0.253. The lowest BCUT2D eigenvalue weighted by Gasteiger charge is -2.40. The molecule has 0 unspecified atom stereocenters.